The topological polar surface area (TPSA) is 67.7 Å². The minimum absolute atomic E-state index is 0.0415. The first-order chi connectivity index (χ1) is 13.1. The highest BCUT2D eigenvalue weighted by Gasteiger charge is 2.47. The number of alkyl halides is 3. The van der Waals surface area contributed by atoms with Gasteiger partial charge in [0, 0.05) is 19.5 Å². The SMILES string of the molecule is CCC(=O)CN1c2nc(N3CCOCC3C)c(F)c(=O)n2CCC1C(F)(F)F. The highest BCUT2D eigenvalue weighted by molar-refractivity contribution is 5.83. The van der Waals surface area contributed by atoms with Gasteiger partial charge in [0.2, 0.25) is 11.8 Å². The highest BCUT2D eigenvalue weighted by atomic mass is 19.4. The molecule has 0 amide bonds. The van der Waals surface area contributed by atoms with Gasteiger partial charge in [-0.15, -0.1) is 0 Å². The van der Waals surface area contributed by atoms with E-state index in [0.717, 1.165) is 9.47 Å². The average Bonchev–Trinajstić information content (AvgIpc) is 2.64. The van der Waals surface area contributed by atoms with E-state index in [0.29, 0.717) is 0 Å². The smallest absolute Gasteiger partial charge is 0.377 e. The number of carbonyl (C=O) groups excluding carboxylic acids is 1. The van der Waals surface area contributed by atoms with Crippen LogP contribution in [0.25, 0.3) is 0 Å². The molecule has 2 aliphatic heterocycles. The van der Waals surface area contributed by atoms with Crippen LogP contribution in [0.4, 0.5) is 29.3 Å². The maximum atomic E-state index is 14.7. The standard InChI is InChI=1S/C17H22F4N4O3/c1-3-11(26)8-25-12(17(19,20)21)4-5-24-15(27)13(18)14(22-16(24)25)23-6-7-28-9-10(23)2/h10,12H,3-9H2,1-2H3. The van der Waals surface area contributed by atoms with Gasteiger partial charge in [-0.25, -0.2) is 0 Å². The predicted octanol–water partition coefficient (Wildman–Crippen LogP) is 1.73. The first-order valence-corrected chi connectivity index (χ1v) is 9.14. The largest absolute Gasteiger partial charge is 0.408 e. The summed E-state index contributed by atoms with van der Waals surface area (Å²) in [6.45, 7) is 3.24. The van der Waals surface area contributed by atoms with Gasteiger partial charge in [-0.2, -0.15) is 22.5 Å². The zero-order valence-corrected chi connectivity index (χ0v) is 15.6. The molecule has 2 atom stereocenters. The molecule has 3 heterocycles. The number of fused-ring (bicyclic) bond motifs is 1. The average molecular weight is 406 g/mol. The summed E-state index contributed by atoms with van der Waals surface area (Å²) in [4.78, 5) is 30.9. The molecule has 2 unspecified atom stereocenters. The van der Waals surface area contributed by atoms with Gasteiger partial charge in [0.15, 0.2) is 11.6 Å². The zero-order valence-electron chi connectivity index (χ0n) is 15.6. The molecule has 0 radical (unpaired) electrons. The van der Waals surface area contributed by atoms with E-state index in [1.54, 1.807) is 13.8 Å². The van der Waals surface area contributed by atoms with E-state index < -0.39 is 42.3 Å². The Morgan fingerprint density at radius 3 is 2.64 bits per heavy atom. The lowest BCUT2D eigenvalue weighted by Crippen LogP contribution is -2.55. The van der Waals surface area contributed by atoms with Crippen LogP contribution in [0.5, 0.6) is 0 Å². The van der Waals surface area contributed by atoms with Crippen molar-refractivity contribution in [2.45, 2.75) is 51.5 Å². The minimum Gasteiger partial charge on any atom is -0.377 e. The van der Waals surface area contributed by atoms with Crippen LogP contribution in [0.2, 0.25) is 0 Å². The number of ketones is 1. The molecule has 1 saturated heterocycles. The molecule has 0 bridgehead atoms. The van der Waals surface area contributed by atoms with Crippen LogP contribution in [-0.4, -0.2) is 59.9 Å². The Morgan fingerprint density at radius 2 is 2.04 bits per heavy atom. The zero-order chi connectivity index (χ0) is 20.6. The van der Waals surface area contributed by atoms with Crippen molar-refractivity contribution in [1.82, 2.24) is 9.55 Å². The summed E-state index contributed by atoms with van der Waals surface area (Å²) in [5, 5.41) is 0. The predicted molar refractivity (Wildman–Crippen MR) is 93.2 cm³/mol. The van der Waals surface area contributed by atoms with Gasteiger partial charge in [0.05, 0.1) is 25.8 Å². The van der Waals surface area contributed by atoms with E-state index in [4.69, 9.17) is 4.74 Å². The van der Waals surface area contributed by atoms with Crippen molar-refractivity contribution in [3.05, 3.63) is 16.2 Å². The first-order valence-electron chi connectivity index (χ1n) is 9.14. The number of ether oxygens (including phenoxy) is 1. The fourth-order valence-corrected chi connectivity index (χ4v) is 3.53. The Hall–Kier alpha value is -2.17. The van der Waals surface area contributed by atoms with Gasteiger partial charge >= 0.3 is 6.18 Å². The molecule has 1 aromatic rings. The van der Waals surface area contributed by atoms with E-state index in [1.807, 2.05) is 0 Å². The summed E-state index contributed by atoms with van der Waals surface area (Å²) < 4.78 is 61.6. The summed E-state index contributed by atoms with van der Waals surface area (Å²) in [7, 11) is 0. The summed E-state index contributed by atoms with van der Waals surface area (Å²) in [5.74, 6) is -2.16. The van der Waals surface area contributed by atoms with Crippen molar-refractivity contribution in [1.29, 1.82) is 0 Å². The normalized spacial score (nSPS) is 22.9. The Balaban J connectivity index is 2.13. The summed E-state index contributed by atoms with van der Waals surface area (Å²) in [6.07, 6.45) is -5.03. The number of aromatic nitrogens is 2. The third-order valence-corrected chi connectivity index (χ3v) is 5.09. The third kappa shape index (κ3) is 3.71. The van der Waals surface area contributed by atoms with E-state index in [9.17, 15) is 27.2 Å². The number of Topliss-reactive ketones (excluding diaryl/α,β-unsaturated/α-hetero) is 1. The Morgan fingerprint density at radius 1 is 1.32 bits per heavy atom. The summed E-state index contributed by atoms with van der Waals surface area (Å²) >= 11 is 0. The summed E-state index contributed by atoms with van der Waals surface area (Å²) in [5.41, 5.74) is -1.03. The lowest BCUT2D eigenvalue weighted by molar-refractivity contribution is -0.153. The van der Waals surface area contributed by atoms with Crippen LogP contribution < -0.4 is 15.4 Å². The molecule has 0 saturated carbocycles. The third-order valence-electron chi connectivity index (χ3n) is 5.09. The van der Waals surface area contributed by atoms with Crippen LogP contribution in [-0.2, 0) is 16.1 Å². The van der Waals surface area contributed by atoms with E-state index in [1.165, 1.54) is 4.90 Å². The second-order valence-corrected chi connectivity index (χ2v) is 6.99. The van der Waals surface area contributed by atoms with Crippen LogP contribution >= 0.6 is 0 Å². The number of hydrogen-bond donors (Lipinski definition) is 0. The molecular weight excluding hydrogens is 384 g/mol. The maximum Gasteiger partial charge on any atom is 0.408 e. The van der Waals surface area contributed by atoms with Gasteiger partial charge in [0.1, 0.15) is 6.04 Å². The molecule has 1 aromatic heterocycles. The van der Waals surface area contributed by atoms with Crippen LogP contribution in [0.3, 0.4) is 0 Å². The van der Waals surface area contributed by atoms with Crippen LogP contribution in [0, 0.1) is 5.82 Å². The molecule has 3 rings (SSSR count). The fraction of sp³-hybridized carbons (Fsp3) is 0.706. The van der Waals surface area contributed by atoms with Crippen molar-refractivity contribution < 1.29 is 27.1 Å². The van der Waals surface area contributed by atoms with E-state index in [-0.39, 0.29) is 50.5 Å². The van der Waals surface area contributed by atoms with Crippen molar-refractivity contribution >= 4 is 17.5 Å². The quantitative estimate of drug-likeness (QED) is 0.710. The molecule has 0 N–H and O–H groups in total. The van der Waals surface area contributed by atoms with Crippen molar-refractivity contribution in [2.75, 3.05) is 36.1 Å². The van der Waals surface area contributed by atoms with Gasteiger partial charge in [-0.05, 0) is 13.3 Å². The van der Waals surface area contributed by atoms with Gasteiger partial charge in [-0.3, -0.25) is 14.2 Å². The van der Waals surface area contributed by atoms with Crippen molar-refractivity contribution in [3.63, 3.8) is 0 Å². The Labute approximate surface area is 158 Å². The second-order valence-electron chi connectivity index (χ2n) is 6.99. The number of halogens is 4. The van der Waals surface area contributed by atoms with Gasteiger partial charge in [0.25, 0.3) is 5.56 Å². The van der Waals surface area contributed by atoms with E-state index >= 15 is 0 Å². The lowest BCUT2D eigenvalue weighted by atomic mass is 10.1. The number of anilines is 2. The summed E-state index contributed by atoms with van der Waals surface area (Å²) in [6, 6.07) is -2.26. The van der Waals surface area contributed by atoms with Gasteiger partial charge in [-0.1, -0.05) is 6.92 Å². The molecule has 7 nitrogen and oxygen atoms in total. The molecule has 11 heteroatoms. The molecule has 28 heavy (non-hydrogen) atoms. The molecule has 0 aromatic carbocycles. The maximum absolute atomic E-state index is 14.7. The molecule has 156 valence electrons. The molecule has 1 fully saturated rings. The number of carbonyl (C=O) groups is 1. The van der Waals surface area contributed by atoms with Crippen molar-refractivity contribution in [3.8, 4) is 0 Å². The van der Waals surface area contributed by atoms with Crippen LogP contribution in [0.15, 0.2) is 4.79 Å². The van der Waals surface area contributed by atoms with Crippen molar-refractivity contribution in [2.24, 2.45) is 0 Å². The van der Waals surface area contributed by atoms with Crippen LogP contribution in [0.1, 0.15) is 26.7 Å². The molecule has 0 aliphatic carbocycles. The number of hydrogen-bond acceptors (Lipinski definition) is 6. The lowest BCUT2D eigenvalue weighted by Gasteiger charge is -2.40. The monoisotopic (exact) mass is 406 g/mol. The Kier molecular flexibility index (Phi) is 5.64. The van der Waals surface area contributed by atoms with Gasteiger partial charge < -0.3 is 14.5 Å². The number of nitrogens with zero attached hydrogens (tertiary/aromatic N) is 4. The molecular formula is C17H22F4N4O3. The minimum atomic E-state index is -4.61. The molecule has 0 spiro atoms. The fourth-order valence-electron chi connectivity index (χ4n) is 3.53. The second kappa shape index (κ2) is 7.69. The highest BCUT2D eigenvalue weighted by Crippen LogP contribution is 2.35. The van der Waals surface area contributed by atoms with E-state index in [2.05, 4.69) is 4.98 Å². The Bertz CT molecular complexity index is 811. The molecule has 2 aliphatic rings. The number of morpholine rings is 1. The first kappa shape index (κ1) is 20.6. The number of rotatable bonds is 4.